The van der Waals surface area contributed by atoms with Crippen LogP contribution in [0.4, 0.5) is 5.69 Å². The molecule has 0 aromatic heterocycles. The minimum Gasteiger partial charge on any atom is -0.332 e. The van der Waals surface area contributed by atoms with Crippen LogP contribution in [0.25, 0.3) is 0 Å². The minimum atomic E-state index is -0.0929. The first-order chi connectivity index (χ1) is 10.5. The summed E-state index contributed by atoms with van der Waals surface area (Å²) >= 11 is 12.3. The molecule has 5 heteroatoms. The van der Waals surface area contributed by atoms with Crippen LogP contribution in [0.2, 0.25) is 10.0 Å². The number of halogens is 2. The molecule has 0 fully saturated rings. The highest BCUT2D eigenvalue weighted by Gasteiger charge is 2.14. The molecule has 0 saturated heterocycles. The predicted molar refractivity (Wildman–Crippen MR) is 91.5 cm³/mol. The van der Waals surface area contributed by atoms with E-state index in [1.54, 1.807) is 0 Å². The summed E-state index contributed by atoms with van der Waals surface area (Å²) in [7, 11) is 0. The monoisotopic (exact) mass is 337 g/mol. The molecule has 0 aliphatic rings. The fourth-order valence-corrected chi connectivity index (χ4v) is 2.77. The van der Waals surface area contributed by atoms with E-state index in [0.717, 1.165) is 11.1 Å². The van der Waals surface area contributed by atoms with Crippen molar-refractivity contribution >= 4 is 34.8 Å². The highest BCUT2D eigenvalue weighted by molar-refractivity contribution is 6.33. The van der Waals surface area contributed by atoms with Crippen LogP contribution in [-0.4, -0.2) is 12.5 Å². The van der Waals surface area contributed by atoms with Crippen LogP contribution in [-0.2, 0) is 4.79 Å². The molecule has 1 atom stereocenters. The van der Waals surface area contributed by atoms with Crippen molar-refractivity contribution in [1.29, 1.82) is 0 Å². The van der Waals surface area contributed by atoms with Crippen molar-refractivity contribution < 1.29 is 10.1 Å². The highest BCUT2D eigenvalue weighted by Crippen LogP contribution is 2.22. The molecule has 2 rings (SSSR count). The van der Waals surface area contributed by atoms with Gasteiger partial charge >= 0.3 is 0 Å². The van der Waals surface area contributed by atoms with Gasteiger partial charge in [0.05, 0.1) is 10.7 Å². The second-order valence-electron chi connectivity index (χ2n) is 5.28. The zero-order valence-corrected chi connectivity index (χ0v) is 14.1. The largest absolute Gasteiger partial charge is 0.332 e. The molecule has 2 aromatic rings. The van der Waals surface area contributed by atoms with Crippen LogP contribution in [0.1, 0.15) is 24.1 Å². The Bertz CT molecular complexity index is 673. The Balaban J connectivity index is 1.91. The van der Waals surface area contributed by atoms with Crippen molar-refractivity contribution in [3.05, 3.63) is 63.6 Å². The summed E-state index contributed by atoms with van der Waals surface area (Å²) in [6.07, 6.45) is 0. The van der Waals surface area contributed by atoms with Crippen molar-refractivity contribution in [2.75, 3.05) is 11.9 Å². The molecular weight excluding hydrogens is 319 g/mol. The van der Waals surface area contributed by atoms with E-state index in [1.165, 1.54) is 0 Å². The fraction of sp³-hybridized carbons (Fsp3) is 0.235. The number of amides is 1. The lowest BCUT2D eigenvalue weighted by molar-refractivity contribution is -0.682. The molecule has 0 spiro atoms. The van der Waals surface area contributed by atoms with Gasteiger partial charge in [0.25, 0.3) is 5.91 Å². The number of hydrogen-bond acceptors (Lipinski definition) is 1. The van der Waals surface area contributed by atoms with Gasteiger partial charge in [-0.3, -0.25) is 4.79 Å². The van der Waals surface area contributed by atoms with Gasteiger partial charge in [0, 0.05) is 10.6 Å². The van der Waals surface area contributed by atoms with Gasteiger partial charge in [-0.15, -0.1) is 0 Å². The number of benzene rings is 2. The molecule has 22 heavy (non-hydrogen) atoms. The quantitative estimate of drug-likeness (QED) is 0.860. The summed E-state index contributed by atoms with van der Waals surface area (Å²) in [5.41, 5.74) is 2.71. The molecule has 3 N–H and O–H groups in total. The van der Waals surface area contributed by atoms with Gasteiger partial charge in [-0.1, -0.05) is 47.5 Å². The molecule has 0 bridgehead atoms. The Kier molecular flexibility index (Phi) is 5.83. The predicted octanol–water partition coefficient (Wildman–Crippen LogP) is 3.56. The van der Waals surface area contributed by atoms with Crippen molar-refractivity contribution in [1.82, 2.24) is 0 Å². The first kappa shape index (κ1) is 16.8. The molecular formula is C17H19Cl2N2O+. The Labute approximate surface area is 140 Å². The topological polar surface area (TPSA) is 45.7 Å². The molecule has 2 aromatic carbocycles. The van der Waals surface area contributed by atoms with Gasteiger partial charge < -0.3 is 10.6 Å². The van der Waals surface area contributed by atoms with Crippen LogP contribution in [0, 0.1) is 6.92 Å². The van der Waals surface area contributed by atoms with E-state index in [0.29, 0.717) is 22.3 Å². The lowest BCUT2D eigenvalue weighted by atomic mass is 10.1. The van der Waals surface area contributed by atoms with E-state index in [4.69, 9.17) is 23.2 Å². The van der Waals surface area contributed by atoms with E-state index in [-0.39, 0.29) is 11.9 Å². The molecule has 3 nitrogen and oxygen atoms in total. The third kappa shape index (κ3) is 4.47. The van der Waals surface area contributed by atoms with Gasteiger partial charge in [-0.05, 0) is 37.6 Å². The second-order valence-corrected chi connectivity index (χ2v) is 6.10. The zero-order chi connectivity index (χ0) is 16.1. The Morgan fingerprint density at radius 2 is 1.91 bits per heavy atom. The molecule has 1 amide bonds. The van der Waals surface area contributed by atoms with E-state index in [1.807, 2.05) is 61.6 Å². The average molecular weight is 338 g/mol. The molecule has 0 saturated carbocycles. The summed E-state index contributed by atoms with van der Waals surface area (Å²) in [5, 5.41) is 6.03. The molecule has 0 aliphatic heterocycles. The fourth-order valence-electron chi connectivity index (χ4n) is 2.18. The van der Waals surface area contributed by atoms with E-state index in [2.05, 4.69) is 5.32 Å². The number of carbonyl (C=O) groups is 1. The number of nitrogens with one attached hydrogen (secondary N) is 1. The smallest absolute Gasteiger partial charge is 0.279 e. The lowest BCUT2D eigenvalue weighted by Gasteiger charge is -2.13. The van der Waals surface area contributed by atoms with Crippen molar-refractivity contribution in [2.24, 2.45) is 0 Å². The molecule has 0 aliphatic carbocycles. The van der Waals surface area contributed by atoms with Crippen molar-refractivity contribution in [3.8, 4) is 0 Å². The van der Waals surface area contributed by atoms with Crippen LogP contribution in [0.15, 0.2) is 42.5 Å². The van der Waals surface area contributed by atoms with E-state index in [9.17, 15) is 4.79 Å². The maximum atomic E-state index is 12.0. The Morgan fingerprint density at radius 3 is 2.59 bits per heavy atom. The minimum absolute atomic E-state index is 0.0929. The Morgan fingerprint density at radius 1 is 1.18 bits per heavy atom. The molecule has 0 heterocycles. The number of anilines is 1. The number of hydrogen-bond donors (Lipinski definition) is 2. The lowest BCUT2D eigenvalue weighted by Crippen LogP contribution is -2.86. The number of quaternary nitrogens is 1. The summed E-state index contributed by atoms with van der Waals surface area (Å²) in [6, 6.07) is 13.3. The van der Waals surface area contributed by atoms with Crippen LogP contribution in [0.3, 0.4) is 0 Å². The summed E-state index contributed by atoms with van der Waals surface area (Å²) in [6.45, 7) is 4.28. The van der Waals surface area contributed by atoms with Gasteiger partial charge in [-0.25, -0.2) is 0 Å². The summed E-state index contributed by atoms with van der Waals surface area (Å²) in [4.78, 5) is 12.0. The second kappa shape index (κ2) is 7.63. The van der Waals surface area contributed by atoms with Gasteiger partial charge in [0.15, 0.2) is 6.54 Å². The van der Waals surface area contributed by atoms with Gasteiger partial charge in [0.1, 0.15) is 6.04 Å². The average Bonchev–Trinajstić information content (AvgIpc) is 2.48. The molecule has 0 radical (unpaired) electrons. The summed E-state index contributed by atoms with van der Waals surface area (Å²) < 4.78 is 0. The number of nitrogens with two attached hydrogens (primary N) is 1. The first-order valence-corrected chi connectivity index (χ1v) is 7.86. The van der Waals surface area contributed by atoms with Crippen LogP contribution < -0.4 is 10.6 Å². The number of rotatable bonds is 5. The maximum Gasteiger partial charge on any atom is 0.279 e. The van der Waals surface area contributed by atoms with E-state index < -0.39 is 0 Å². The standard InChI is InChI=1S/C17H18Cl2N2O/c1-11-7-8-16(15(19)9-11)21-17(22)10-20-12(2)13-5-3-4-6-14(13)18/h3-9,12,20H,10H2,1-2H3,(H,21,22)/p+1/t12-/m0/s1. The summed E-state index contributed by atoms with van der Waals surface area (Å²) in [5.74, 6) is -0.0929. The SMILES string of the molecule is Cc1ccc(NC(=O)C[NH2+][C@@H](C)c2ccccc2Cl)c(Cl)c1. The Hall–Kier alpha value is -1.55. The number of aryl methyl sites for hydroxylation is 1. The normalized spacial score (nSPS) is 12.0. The third-order valence-corrected chi connectivity index (χ3v) is 4.11. The van der Waals surface area contributed by atoms with Crippen LogP contribution in [0.5, 0.6) is 0 Å². The van der Waals surface area contributed by atoms with Crippen molar-refractivity contribution in [3.63, 3.8) is 0 Å². The third-order valence-electron chi connectivity index (χ3n) is 3.45. The first-order valence-electron chi connectivity index (χ1n) is 7.11. The van der Waals surface area contributed by atoms with Crippen LogP contribution >= 0.6 is 23.2 Å². The highest BCUT2D eigenvalue weighted by atomic mass is 35.5. The van der Waals surface area contributed by atoms with Gasteiger partial charge in [-0.2, -0.15) is 0 Å². The zero-order valence-electron chi connectivity index (χ0n) is 12.6. The molecule has 116 valence electrons. The van der Waals surface area contributed by atoms with Gasteiger partial charge in [0.2, 0.25) is 0 Å². The maximum absolute atomic E-state index is 12.0. The van der Waals surface area contributed by atoms with Crippen molar-refractivity contribution in [2.45, 2.75) is 19.9 Å². The van der Waals surface area contributed by atoms with E-state index >= 15 is 0 Å². The molecule has 0 unspecified atom stereocenters. The number of carbonyl (C=O) groups excluding carboxylic acids is 1.